The highest BCUT2D eigenvalue weighted by Gasteiger charge is 2.50. The van der Waals surface area contributed by atoms with Crippen molar-refractivity contribution in [1.82, 2.24) is 0 Å². The Morgan fingerprint density at radius 3 is 2.41 bits per heavy atom. The average molecular weight is 234 g/mol. The molecule has 92 valence electrons. The van der Waals surface area contributed by atoms with Crippen LogP contribution in [0.2, 0.25) is 0 Å². The first-order valence-electron chi connectivity index (χ1n) is 5.76. The topological polar surface area (TPSA) is 35.5 Å². The predicted octanol–water partition coefficient (Wildman–Crippen LogP) is 2.93. The van der Waals surface area contributed by atoms with Gasteiger partial charge in [-0.25, -0.2) is 0 Å². The molecule has 3 heteroatoms. The molecule has 0 saturated heterocycles. The van der Waals surface area contributed by atoms with Crippen LogP contribution in [0.3, 0.4) is 0 Å². The molecule has 0 spiro atoms. The molecule has 0 bridgehead atoms. The third-order valence-electron chi connectivity index (χ3n) is 3.50. The fourth-order valence-electron chi connectivity index (χ4n) is 2.10. The van der Waals surface area contributed by atoms with Crippen molar-refractivity contribution in [3.8, 4) is 11.5 Å². The van der Waals surface area contributed by atoms with E-state index in [1.54, 1.807) is 32.4 Å². The summed E-state index contributed by atoms with van der Waals surface area (Å²) in [5, 5.41) is 0. The van der Waals surface area contributed by atoms with Gasteiger partial charge in [-0.3, -0.25) is 4.79 Å². The maximum Gasteiger partial charge on any atom is 0.170 e. The van der Waals surface area contributed by atoms with Crippen molar-refractivity contribution in [3.05, 3.63) is 23.8 Å². The molecule has 1 aromatic carbocycles. The van der Waals surface area contributed by atoms with Crippen molar-refractivity contribution in [3.63, 3.8) is 0 Å². The minimum atomic E-state index is 0.129. The normalized spacial score (nSPS) is 20.8. The fourth-order valence-corrected chi connectivity index (χ4v) is 2.10. The number of carbonyl (C=O) groups is 1. The summed E-state index contributed by atoms with van der Waals surface area (Å²) in [6.07, 6.45) is 0.959. The Hall–Kier alpha value is -1.51. The molecule has 0 heterocycles. The second-order valence-corrected chi connectivity index (χ2v) is 5.18. The van der Waals surface area contributed by atoms with Crippen LogP contribution >= 0.6 is 0 Å². The number of methoxy groups -OCH3 is 2. The van der Waals surface area contributed by atoms with E-state index < -0.39 is 0 Å². The number of ketones is 1. The Bertz CT molecular complexity index is 449. The highest BCUT2D eigenvalue weighted by atomic mass is 16.5. The van der Waals surface area contributed by atoms with Crippen molar-refractivity contribution in [1.29, 1.82) is 0 Å². The number of hydrogen-bond donors (Lipinski definition) is 0. The van der Waals surface area contributed by atoms with Crippen LogP contribution in [-0.2, 0) is 0 Å². The van der Waals surface area contributed by atoms with Gasteiger partial charge in [0.1, 0.15) is 11.5 Å². The van der Waals surface area contributed by atoms with Crippen molar-refractivity contribution in [2.24, 2.45) is 11.3 Å². The lowest BCUT2D eigenvalue weighted by atomic mass is 10.0. The van der Waals surface area contributed by atoms with E-state index in [9.17, 15) is 4.79 Å². The maximum absolute atomic E-state index is 12.3. The van der Waals surface area contributed by atoms with Gasteiger partial charge >= 0.3 is 0 Å². The summed E-state index contributed by atoms with van der Waals surface area (Å²) >= 11 is 0. The van der Waals surface area contributed by atoms with Gasteiger partial charge in [0, 0.05) is 12.0 Å². The van der Waals surface area contributed by atoms with Crippen molar-refractivity contribution >= 4 is 5.78 Å². The maximum atomic E-state index is 12.3. The molecule has 1 atom stereocenters. The summed E-state index contributed by atoms with van der Waals surface area (Å²) in [5.74, 6) is 1.60. The van der Waals surface area contributed by atoms with E-state index in [2.05, 4.69) is 13.8 Å². The lowest BCUT2D eigenvalue weighted by Crippen LogP contribution is -2.08. The Balaban J connectivity index is 2.29. The smallest absolute Gasteiger partial charge is 0.170 e. The standard InChI is InChI=1S/C14H18O3/c1-14(2)8-11(14)13(15)10-6-5-9(16-3)7-12(10)17-4/h5-7,11H,8H2,1-4H3. The lowest BCUT2D eigenvalue weighted by molar-refractivity contribution is 0.0950. The molecule has 1 saturated carbocycles. The third kappa shape index (κ3) is 2.14. The van der Waals surface area contributed by atoms with Gasteiger partial charge in [-0.1, -0.05) is 13.8 Å². The number of carbonyl (C=O) groups excluding carboxylic acids is 1. The van der Waals surface area contributed by atoms with Crippen molar-refractivity contribution in [2.75, 3.05) is 14.2 Å². The molecule has 17 heavy (non-hydrogen) atoms. The highest BCUT2D eigenvalue weighted by molar-refractivity contribution is 6.02. The number of rotatable bonds is 4. The molecule has 0 amide bonds. The van der Waals surface area contributed by atoms with Crippen LogP contribution in [0.5, 0.6) is 11.5 Å². The van der Waals surface area contributed by atoms with E-state index in [0.29, 0.717) is 17.1 Å². The quantitative estimate of drug-likeness (QED) is 0.751. The summed E-state index contributed by atoms with van der Waals surface area (Å²) in [5.41, 5.74) is 0.797. The van der Waals surface area contributed by atoms with Gasteiger partial charge in [0.05, 0.1) is 19.8 Å². The summed E-state index contributed by atoms with van der Waals surface area (Å²) in [4.78, 5) is 12.3. The molecule has 1 aromatic rings. The van der Waals surface area contributed by atoms with Gasteiger partial charge in [0.2, 0.25) is 0 Å². The fraction of sp³-hybridized carbons (Fsp3) is 0.500. The third-order valence-corrected chi connectivity index (χ3v) is 3.50. The summed E-state index contributed by atoms with van der Waals surface area (Å²) in [7, 11) is 3.17. The van der Waals surface area contributed by atoms with Crippen molar-refractivity contribution in [2.45, 2.75) is 20.3 Å². The Labute approximate surface area is 102 Å². The van der Waals surface area contributed by atoms with Gasteiger partial charge in [0.15, 0.2) is 5.78 Å². The molecule has 0 radical (unpaired) electrons. The molecule has 1 aliphatic rings. The van der Waals surface area contributed by atoms with Crippen molar-refractivity contribution < 1.29 is 14.3 Å². The van der Waals surface area contributed by atoms with E-state index in [-0.39, 0.29) is 17.1 Å². The molecule has 0 aliphatic heterocycles. The zero-order chi connectivity index (χ0) is 12.6. The van der Waals surface area contributed by atoms with Crippen LogP contribution in [0.1, 0.15) is 30.6 Å². The average Bonchev–Trinajstić information content (AvgIpc) is 2.96. The van der Waals surface area contributed by atoms with E-state index in [4.69, 9.17) is 9.47 Å². The molecule has 2 rings (SSSR count). The zero-order valence-electron chi connectivity index (χ0n) is 10.7. The molecular formula is C14H18O3. The SMILES string of the molecule is COc1ccc(C(=O)C2CC2(C)C)c(OC)c1. The highest BCUT2D eigenvalue weighted by Crippen LogP contribution is 2.53. The second-order valence-electron chi connectivity index (χ2n) is 5.18. The zero-order valence-corrected chi connectivity index (χ0v) is 10.7. The molecule has 1 aliphatic carbocycles. The minimum Gasteiger partial charge on any atom is -0.497 e. The van der Waals surface area contributed by atoms with E-state index >= 15 is 0 Å². The molecule has 0 N–H and O–H groups in total. The Kier molecular flexibility index (Phi) is 2.86. The van der Waals surface area contributed by atoms with Crippen LogP contribution in [0.4, 0.5) is 0 Å². The molecule has 3 nitrogen and oxygen atoms in total. The number of ether oxygens (including phenoxy) is 2. The van der Waals surface area contributed by atoms with E-state index in [1.807, 2.05) is 0 Å². The second kappa shape index (κ2) is 4.06. The lowest BCUT2D eigenvalue weighted by Gasteiger charge is -2.10. The van der Waals surface area contributed by atoms with Gasteiger partial charge in [-0.05, 0) is 24.0 Å². The predicted molar refractivity (Wildman–Crippen MR) is 65.8 cm³/mol. The molecular weight excluding hydrogens is 216 g/mol. The van der Waals surface area contributed by atoms with Gasteiger partial charge in [-0.15, -0.1) is 0 Å². The van der Waals surface area contributed by atoms with Crippen LogP contribution in [0.15, 0.2) is 18.2 Å². The van der Waals surface area contributed by atoms with Gasteiger partial charge in [-0.2, -0.15) is 0 Å². The first kappa shape index (κ1) is 12.0. The Morgan fingerprint density at radius 1 is 1.29 bits per heavy atom. The summed E-state index contributed by atoms with van der Waals surface area (Å²) in [6, 6.07) is 5.34. The van der Waals surface area contributed by atoms with Crippen LogP contribution < -0.4 is 9.47 Å². The summed E-state index contributed by atoms with van der Waals surface area (Å²) in [6.45, 7) is 4.23. The van der Waals surface area contributed by atoms with Crippen LogP contribution in [-0.4, -0.2) is 20.0 Å². The molecule has 0 aromatic heterocycles. The van der Waals surface area contributed by atoms with Gasteiger partial charge in [0.25, 0.3) is 0 Å². The monoisotopic (exact) mass is 234 g/mol. The van der Waals surface area contributed by atoms with E-state index in [0.717, 1.165) is 6.42 Å². The number of benzene rings is 1. The first-order chi connectivity index (χ1) is 7.99. The number of hydrogen-bond acceptors (Lipinski definition) is 3. The largest absolute Gasteiger partial charge is 0.497 e. The molecule has 1 fully saturated rings. The minimum absolute atomic E-state index is 0.129. The number of Topliss-reactive ketones (excluding diaryl/α,β-unsaturated/α-hetero) is 1. The molecule has 1 unspecified atom stereocenters. The first-order valence-corrected chi connectivity index (χ1v) is 5.76. The van der Waals surface area contributed by atoms with Gasteiger partial charge < -0.3 is 9.47 Å². The summed E-state index contributed by atoms with van der Waals surface area (Å²) < 4.78 is 10.4. The van der Waals surface area contributed by atoms with Crippen LogP contribution in [0.25, 0.3) is 0 Å². The Morgan fingerprint density at radius 2 is 1.94 bits per heavy atom. The van der Waals surface area contributed by atoms with Crippen LogP contribution in [0, 0.1) is 11.3 Å². The van der Waals surface area contributed by atoms with E-state index in [1.165, 1.54) is 0 Å².